The van der Waals surface area contributed by atoms with E-state index in [9.17, 15) is 14.3 Å². The van der Waals surface area contributed by atoms with Gasteiger partial charge in [-0.25, -0.2) is 4.39 Å². The maximum absolute atomic E-state index is 14.2. The van der Waals surface area contributed by atoms with Gasteiger partial charge in [-0.3, -0.25) is 4.79 Å². The van der Waals surface area contributed by atoms with Crippen LogP contribution in [-0.2, 0) is 11.3 Å². The van der Waals surface area contributed by atoms with Gasteiger partial charge in [0.15, 0.2) is 5.60 Å². The minimum Gasteiger partial charge on any atom is -0.497 e. The summed E-state index contributed by atoms with van der Waals surface area (Å²) in [7, 11) is 3.53. The SMILES string of the molecule is COc1ccc(F)c(CN2CCC[C@](O)(CN(C)C3CCCCC3)C2=O)c1. The molecule has 27 heavy (non-hydrogen) atoms. The average Bonchev–Trinajstić information content (AvgIpc) is 2.68. The van der Waals surface area contributed by atoms with E-state index in [1.54, 1.807) is 17.0 Å². The molecule has 1 atom stereocenters. The number of carbonyl (C=O) groups excluding carboxylic acids is 1. The van der Waals surface area contributed by atoms with Gasteiger partial charge in [-0.1, -0.05) is 19.3 Å². The number of halogens is 1. The number of amides is 1. The van der Waals surface area contributed by atoms with Crippen LogP contribution in [0, 0.1) is 5.82 Å². The van der Waals surface area contributed by atoms with Crippen molar-refractivity contribution < 1.29 is 19.0 Å². The number of hydrogen-bond donors (Lipinski definition) is 1. The number of benzene rings is 1. The van der Waals surface area contributed by atoms with Crippen molar-refractivity contribution in [3.05, 3.63) is 29.6 Å². The van der Waals surface area contributed by atoms with Crippen LogP contribution in [0.25, 0.3) is 0 Å². The molecule has 2 fully saturated rings. The van der Waals surface area contributed by atoms with Crippen LogP contribution in [0.1, 0.15) is 50.5 Å². The molecular formula is C21H31FN2O3. The summed E-state index contributed by atoms with van der Waals surface area (Å²) in [4.78, 5) is 16.8. The third-order valence-corrected chi connectivity index (χ3v) is 6.03. The lowest BCUT2D eigenvalue weighted by Gasteiger charge is -2.42. The number of ether oxygens (including phenoxy) is 1. The normalized spacial score (nSPS) is 24.5. The molecule has 5 nitrogen and oxygen atoms in total. The number of carbonyl (C=O) groups is 1. The van der Waals surface area contributed by atoms with Gasteiger partial charge >= 0.3 is 0 Å². The third kappa shape index (κ3) is 4.61. The summed E-state index contributed by atoms with van der Waals surface area (Å²) in [6, 6.07) is 4.96. The maximum Gasteiger partial charge on any atom is 0.256 e. The van der Waals surface area contributed by atoms with Crippen molar-refractivity contribution in [3.63, 3.8) is 0 Å². The van der Waals surface area contributed by atoms with Crippen LogP contribution in [0.5, 0.6) is 5.75 Å². The lowest BCUT2D eigenvalue weighted by molar-refractivity contribution is -0.160. The van der Waals surface area contributed by atoms with Gasteiger partial charge in [-0.2, -0.15) is 0 Å². The van der Waals surface area contributed by atoms with Gasteiger partial charge < -0.3 is 19.6 Å². The predicted octanol–water partition coefficient (Wildman–Crippen LogP) is 2.95. The molecule has 1 aliphatic carbocycles. The summed E-state index contributed by atoms with van der Waals surface area (Å²) in [5.41, 5.74) is -0.979. The van der Waals surface area contributed by atoms with Gasteiger partial charge in [0.25, 0.3) is 5.91 Å². The fourth-order valence-electron chi connectivity index (χ4n) is 4.43. The van der Waals surface area contributed by atoms with Gasteiger partial charge in [0, 0.05) is 31.2 Å². The van der Waals surface area contributed by atoms with Crippen molar-refractivity contribution in [2.45, 2.75) is 63.1 Å². The van der Waals surface area contributed by atoms with Crippen LogP contribution in [0.15, 0.2) is 18.2 Å². The van der Waals surface area contributed by atoms with Crippen molar-refractivity contribution >= 4 is 5.91 Å². The number of piperidine rings is 1. The second-order valence-corrected chi connectivity index (χ2v) is 8.03. The molecule has 0 aromatic heterocycles. The molecule has 1 aromatic rings. The van der Waals surface area contributed by atoms with Crippen LogP contribution in [0.3, 0.4) is 0 Å². The summed E-state index contributed by atoms with van der Waals surface area (Å²) in [5, 5.41) is 11.1. The Balaban J connectivity index is 1.69. The summed E-state index contributed by atoms with van der Waals surface area (Å²) in [6.45, 7) is 1.02. The molecule has 150 valence electrons. The molecule has 0 radical (unpaired) electrons. The lowest BCUT2D eigenvalue weighted by atomic mass is 9.88. The number of nitrogens with zero attached hydrogens (tertiary/aromatic N) is 2. The third-order valence-electron chi connectivity index (χ3n) is 6.03. The van der Waals surface area contributed by atoms with E-state index >= 15 is 0 Å². The molecule has 1 N–H and O–H groups in total. The second-order valence-electron chi connectivity index (χ2n) is 8.03. The Bertz CT molecular complexity index is 663. The van der Waals surface area contributed by atoms with E-state index in [-0.39, 0.29) is 18.3 Å². The lowest BCUT2D eigenvalue weighted by Crippen LogP contribution is -2.59. The number of aliphatic hydroxyl groups is 1. The van der Waals surface area contributed by atoms with Gasteiger partial charge in [-0.15, -0.1) is 0 Å². The van der Waals surface area contributed by atoms with E-state index < -0.39 is 5.60 Å². The first-order valence-corrected chi connectivity index (χ1v) is 9.97. The van der Waals surface area contributed by atoms with Gasteiger partial charge in [0.05, 0.1) is 7.11 Å². The first-order chi connectivity index (χ1) is 12.9. The largest absolute Gasteiger partial charge is 0.497 e. The van der Waals surface area contributed by atoms with E-state index in [4.69, 9.17) is 4.74 Å². The summed E-state index contributed by atoms with van der Waals surface area (Å²) >= 11 is 0. The first-order valence-electron chi connectivity index (χ1n) is 9.97. The molecule has 0 bridgehead atoms. The highest BCUT2D eigenvalue weighted by Crippen LogP contribution is 2.29. The molecular weight excluding hydrogens is 347 g/mol. The second kappa shape index (κ2) is 8.57. The van der Waals surface area contributed by atoms with Crippen molar-refractivity contribution in [1.82, 2.24) is 9.80 Å². The van der Waals surface area contributed by atoms with E-state index in [0.29, 0.717) is 43.3 Å². The summed E-state index contributed by atoms with van der Waals surface area (Å²) in [5.74, 6) is -0.0983. The maximum atomic E-state index is 14.2. The molecule has 2 aliphatic rings. The Hall–Kier alpha value is -1.66. The molecule has 1 amide bonds. The zero-order valence-corrected chi connectivity index (χ0v) is 16.4. The van der Waals surface area contributed by atoms with E-state index in [1.807, 2.05) is 7.05 Å². The highest BCUT2D eigenvalue weighted by atomic mass is 19.1. The number of hydrogen-bond acceptors (Lipinski definition) is 4. The molecule has 1 aliphatic heterocycles. The monoisotopic (exact) mass is 378 g/mol. The quantitative estimate of drug-likeness (QED) is 0.827. The molecule has 0 unspecified atom stereocenters. The van der Waals surface area contributed by atoms with Crippen LogP contribution in [-0.4, -0.2) is 59.7 Å². The number of likely N-dealkylation sites (N-methyl/N-ethyl adjacent to an activating group) is 1. The number of likely N-dealkylation sites (tertiary alicyclic amines) is 1. The Labute approximate surface area is 161 Å². The highest BCUT2D eigenvalue weighted by molar-refractivity contribution is 5.86. The van der Waals surface area contributed by atoms with Gasteiger partial charge in [-0.05, 0) is 50.9 Å². The Morgan fingerprint density at radius 2 is 2.04 bits per heavy atom. The minimum absolute atomic E-state index is 0.150. The molecule has 3 rings (SSSR count). The van der Waals surface area contributed by atoms with Crippen LogP contribution in [0.2, 0.25) is 0 Å². The summed E-state index contributed by atoms with van der Waals surface area (Å²) in [6.07, 6.45) is 7.12. The molecule has 1 aromatic carbocycles. The fraction of sp³-hybridized carbons (Fsp3) is 0.667. The van der Waals surface area contributed by atoms with E-state index in [1.165, 1.54) is 32.4 Å². The van der Waals surface area contributed by atoms with Crippen LogP contribution < -0.4 is 4.74 Å². The molecule has 1 saturated heterocycles. The van der Waals surface area contributed by atoms with Gasteiger partial charge in [0.1, 0.15) is 11.6 Å². The van der Waals surface area contributed by atoms with Crippen molar-refractivity contribution in [2.75, 3.05) is 27.2 Å². The van der Waals surface area contributed by atoms with Crippen molar-refractivity contribution in [3.8, 4) is 5.75 Å². The predicted molar refractivity (Wildman–Crippen MR) is 102 cm³/mol. The van der Waals surface area contributed by atoms with E-state index in [0.717, 1.165) is 12.8 Å². The smallest absolute Gasteiger partial charge is 0.256 e. The van der Waals surface area contributed by atoms with Crippen molar-refractivity contribution in [1.29, 1.82) is 0 Å². The zero-order chi connectivity index (χ0) is 19.4. The zero-order valence-electron chi connectivity index (χ0n) is 16.4. The first kappa shape index (κ1) is 20.1. The fourth-order valence-corrected chi connectivity index (χ4v) is 4.43. The molecule has 1 heterocycles. The average molecular weight is 378 g/mol. The Kier molecular flexibility index (Phi) is 6.37. The Morgan fingerprint density at radius 3 is 2.74 bits per heavy atom. The van der Waals surface area contributed by atoms with E-state index in [2.05, 4.69) is 4.90 Å². The number of rotatable bonds is 6. The number of methoxy groups -OCH3 is 1. The Morgan fingerprint density at radius 1 is 1.30 bits per heavy atom. The van der Waals surface area contributed by atoms with Crippen LogP contribution >= 0.6 is 0 Å². The topological polar surface area (TPSA) is 53.0 Å². The van der Waals surface area contributed by atoms with Gasteiger partial charge in [0.2, 0.25) is 0 Å². The minimum atomic E-state index is -1.39. The van der Waals surface area contributed by atoms with Crippen LogP contribution in [0.4, 0.5) is 4.39 Å². The van der Waals surface area contributed by atoms with Crippen molar-refractivity contribution in [2.24, 2.45) is 0 Å². The molecule has 0 spiro atoms. The highest BCUT2D eigenvalue weighted by Gasteiger charge is 2.43. The molecule has 6 heteroatoms. The summed E-state index contributed by atoms with van der Waals surface area (Å²) < 4.78 is 19.3. The molecule has 1 saturated carbocycles. The standard InChI is InChI=1S/C21H31FN2O3/c1-23(17-7-4-3-5-8-17)15-21(26)11-6-12-24(20(21)25)14-16-13-18(27-2)9-10-19(16)22/h9-10,13,17,26H,3-8,11-12,14-15H2,1-2H3/t21-/m0/s1.